The van der Waals surface area contributed by atoms with Crippen molar-refractivity contribution in [2.45, 2.75) is 13.1 Å². The molecule has 0 aliphatic rings. The largest absolute Gasteiger partial charge is 0.405 e. The van der Waals surface area contributed by atoms with E-state index in [1.807, 2.05) is 0 Å². The number of hydrogen-bond donors (Lipinski definition) is 1. The fraction of sp³-hybridized carbons (Fsp3) is 0.556. The van der Waals surface area contributed by atoms with E-state index < -0.39 is 12.7 Å². The molecule has 16 heavy (non-hydrogen) atoms. The third kappa shape index (κ3) is 3.25. The van der Waals surface area contributed by atoms with Crippen LogP contribution in [0.2, 0.25) is 0 Å². The molecule has 1 rings (SSSR count). The second-order valence-electron chi connectivity index (χ2n) is 3.42. The Balaban J connectivity index is 2.93. The molecule has 0 aliphatic carbocycles. The number of nitrogens with one attached hydrogen (secondary N) is 1. The molecule has 0 unspecified atom stereocenters. The molecule has 0 atom stereocenters. The van der Waals surface area contributed by atoms with E-state index in [9.17, 15) is 13.2 Å². The van der Waals surface area contributed by atoms with Crippen LogP contribution >= 0.6 is 0 Å². The van der Waals surface area contributed by atoms with Crippen LogP contribution in [0.25, 0.3) is 0 Å². The van der Waals surface area contributed by atoms with Crippen LogP contribution in [0, 0.1) is 6.92 Å². The summed E-state index contributed by atoms with van der Waals surface area (Å²) in [4.78, 5) is 8.94. The summed E-state index contributed by atoms with van der Waals surface area (Å²) in [6.45, 7) is 0.635. The van der Waals surface area contributed by atoms with E-state index in [-0.39, 0.29) is 5.82 Å². The lowest BCUT2D eigenvalue weighted by Crippen LogP contribution is -2.32. The predicted molar refractivity (Wildman–Crippen MR) is 55.6 cm³/mol. The minimum atomic E-state index is -4.24. The molecule has 4 nitrogen and oxygen atoms in total. The van der Waals surface area contributed by atoms with Crippen molar-refractivity contribution in [3.8, 4) is 0 Å². The SMILES string of the molecule is CNc1ncc(C)c(N(C)CC(F)(F)F)n1. The molecule has 1 heterocycles. The van der Waals surface area contributed by atoms with Gasteiger partial charge in [-0.3, -0.25) is 0 Å². The molecule has 0 fully saturated rings. The van der Waals surface area contributed by atoms with Gasteiger partial charge in [-0.25, -0.2) is 4.98 Å². The first-order chi connectivity index (χ1) is 7.33. The van der Waals surface area contributed by atoms with Gasteiger partial charge in [-0.05, 0) is 6.92 Å². The molecule has 0 saturated heterocycles. The second-order valence-corrected chi connectivity index (χ2v) is 3.42. The van der Waals surface area contributed by atoms with E-state index in [4.69, 9.17) is 0 Å². The highest BCUT2D eigenvalue weighted by atomic mass is 19.4. The first-order valence-electron chi connectivity index (χ1n) is 4.63. The van der Waals surface area contributed by atoms with E-state index in [1.54, 1.807) is 14.0 Å². The third-order valence-corrected chi connectivity index (χ3v) is 1.95. The first kappa shape index (κ1) is 12.5. The highest BCUT2D eigenvalue weighted by molar-refractivity contribution is 5.48. The Morgan fingerprint density at radius 3 is 2.56 bits per heavy atom. The van der Waals surface area contributed by atoms with Gasteiger partial charge in [0.25, 0.3) is 0 Å². The van der Waals surface area contributed by atoms with Gasteiger partial charge in [0.05, 0.1) is 0 Å². The molecule has 0 saturated carbocycles. The molecule has 90 valence electrons. The number of hydrogen-bond acceptors (Lipinski definition) is 4. The van der Waals surface area contributed by atoms with Gasteiger partial charge >= 0.3 is 6.18 Å². The van der Waals surface area contributed by atoms with Gasteiger partial charge in [0.2, 0.25) is 5.95 Å². The number of aromatic nitrogens is 2. The molecule has 0 aromatic carbocycles. The van der Waals surface area contributed by atoms with E-state index in [0.29, 0.717) is 11.5 Å². The third-order valence-electron chi connectivity index (χ3n) is 1.95. The van der Waals surface area contributed by atoms with Crippen molar-refractivity contribution >= 4 is 11.8 Å². The van der Waals surface area contributed by atoms with Crippen molar-refractivity contribution in [1.29, 1.82) is 0 Å². The van der Waals surface area contributed by atoms with Crippen LogP contribution in [0.5, 0.6) is 0 Å². The molecule has 7 heteroatoms. The van der Waals surface area contributed by atoms with Gasteiger partial charge in [0, 0.05) is 25.9 Å². The summed E-state index contributed by atoms with van der Waals surface area (Å²) in [5.74, 6) is 0.575. The maximum absolute atomic E-state index is 12.2. The zero-order chi connectivity index (χ0) is 12.3. The highest BCUT2D eigenvalue weighted by Crippen LogP contribution is 2.22. The van der Waals surface area contributed by atoms with Crippen LogP contribution in [-0.4, -0.2) is 36.8 Å². The van der Waals surface area contributed by atoms with E-state index >= 15 is 0 Å². The average molecular weight is 234 g/mol. The number of alkyl halides is 3. The van der Waals surface area contributed by atoms with Crippen LogP contribution < -0.4 is 10.2 Å². The second kappa shape index (κ2) is 4.54. The number of aryl methyl sites for hydroxylation is 1. The number of nitrogens with zero attached hydrogens (tertiary/aromatic N) is 3. The Bertz CT molecular complexity index is 364. The summed E-state index contributed by atoms with van der Waals surface area (Å²) < 4.78 is 36.6. The summed E-state index contributed by atoms with van der Waals surface area (Å²) >= 11 is 0. The number of rotatable bonds is 3. The maximum Gasteiger partial charge on any atom is 0.405 e. The Labute approximate surface area is 91.5 Å². The molecular formula is C9H13F3N4. The fourth-order valence-corrected chi connectivity index (χ4v) is 1.28. The smallest absolute Gasteiger partial charge is 0.357 e. The quantitative estimate of drug-likeness (QED) is 0.866. The maximum atomic E-state index is 12.2. The number of halogens is 3. The Hall–Kier alpha value is -1.53. The van der Waals surface area contributed by atoms with Crippen molar-refractivity contribution < 1.29 is 13.2 Å². The van der Waals surface area contributed by atoms with Gasteiger partial charge in [-0.15, -0.1) is 0 Å². The molecule has 1 N–H and O–H groups in total. The Kier molecular flexibility index (Phi) is 3.56. The van der Waals surface area contributed by atoms with Gasteiger partial charge in [0.1, 0.15) is 12.4 Å². The Morgan fingerprint density at radius 2 is 2.06 bits per heavy atom. The topological polar surface area (TPSA) is 41.1 Å². The molecule has 0 aliphatic heterocycles. The monoisotopic (exact) mass is 234 g/mol. The fourth-order valence-electron chi connectivity index (χ4n) is 1.28. The van der Waals surface area contributed by atoms with E-state index in [1.165, 1.54) is 13.2 Å². The zero-order valence-electron chi connectivity index (χ0n) is 9.26. The molecule has 0 amide bonds. The summed E-state index contributed by atoms with van der Waals surface area (Å²) in [5.41, 5.74) is 0.603. The van der Waals surface area contributed by atoms with Crippen molar-refractivity contribution in [3.05, 3.63) is 11.8 Å². The van der Waals surface area contributed by atoms with Gasteiger partial charge in [0.15, 0.2) is 0 Å². The summed E-state index contributed by atoms with van der Waals surface area (Å²) in [6, 6.07) is 0. The van der Waals surface area contributed by atoms with Crippen molar-refractivity contribution in [2.24, 2.45) is 0 Å². The predicted octanol–water partition coefficient (Wildman–Crippen LogP) is 1.83. The van der Waals surface area contributed by atoms with Gasteiger partial charge in [-0.1, -0.05) is 0 Å². The van der Waals surface area contributed by atoms with Gasteiger partial charge in [-0.2, -0.15) is 18.2 Å². The molecule has 1 aromatic rings. The van der Waals surface area contributed by atoms with E-state index in [2.05, 4.69) is 15.3 Å². The summed E-state index contributed by atoms with van der Waals surface area (Å²) in [6.07, 6.45) is -2.76. The van der Waals surface area contributed by atoms with Crippen molar-refractivity contribution in [2.75, 3.05) is 30.9 Å². The van der Waals surface area contributed by atoms with Crippen molar-refractivity contribution in [3.63, 3.8) is 0 Å². The molecule has 0 spiro atoms. The van der Waals surface area contributed by atoms with Gasteiger partial charge < -0.3 is 10.2 Å². The normalized spacial score (nSPS) is 11.4. The van der Waals surface area contributed by atoms with Crippen LogP contribution in [0.3, 0.4) is 0 Å². The lowest BCUT2D eigenvalue weighted by Gasteiger charge is -2.21. The highest BCUT2D eigenvalue weighted by Gasteiger charge is 2.30. The molecule has 0 bridgehead atoms. The minimum absolute atomic E-state index is 0.275. The van der Waals surface area contributed by atoms with Crippen LogP contribution in [0.4, 0.5) is 24.9 Å². The summed E-state index contributed by atoms with van der Waals surface area (Å²) in [5, 5.41) is 2.68. The molecule has 0 radical (unpaired) electrons. The number of anilines is 2. The van der Waals surface area contributed by atoms with Crippen LogP contribution in [0.1, 0.15) is 5.56 Å². The van der Waals surface area contributed by atoms with Crippen LogP contribution in [-0.2, 0) is 0 Å². The average Bonchev–Trinajstić information content (AvgIpc) is 2.15. The Morgan fingerprint density at radius 1 is 1.44 bits per heavy atom. The molecule has 1 aromatic heterocycles. The zero-order valence-corrected chi connectivity index (χ0v) is 9.26. The lowest BCUT2D eigenvalue weighted by atomic mass is 10.3. The van der Waals surface area contributed by atoms with E-state index in [0.717, 1.165) is 4.90 Å². The lowest BCUT2D eigenvalue weighted by molar-refractivity contribution is -0.119. The van der Waals surface area contributed by atoms with Crippen LogP contribution in [0.15, 0.2) is 6.20 Å². The first-order valence-corrected chi connectivity index (χ1v) is 4.63. The minimum Gasteiger partial charge on any atom is -0.357 e. The summed E-state index contributed by atoms with van der Waals surface area (Å²) in [7, 11) is 2.96. The standard InChI is InChI=1S/C9H13F3N4/c1-6-4-14-8(13-2)15-7(6)16(3)5-9(10,11)12/h4H,5H2,1-3H3,(H,13,14,15). The van der Waals surface area contributed by atoms with Crippen molar-refractivity contribution in [1.82, 2.24) is 9.97 Å². The molecular weight excluding hydrogens is 221 g/mol.